The summed E-state index contributed by atoms with van der Waals surface area (Å²) in [5.41, 5.74) is 5.12. The van der Waals surface area contributed by atoms with Crippen LogP contribution in [0.2, 0.25) is 0 Å². The van der Waals surface area contributed by atoms with Crippen LogP contribution in [-0.2, 0) is 9.53 Å². The van der Waals surface area contributed by atoms with Gasteiger partial charge in [0, 0.05) is 12.1 Å². The molecule has 0 aromatic carbocycles. The van der Waals surface area contributed by atoms with E-state index >= 15 is 0 Å². The molecule has 1 aliphatic heterocycles. The maximum absolute atomic E-state index is 12.1. The molecule has 1 amide bonds. The first-order valence-electron chi connectivity index (χ1n) is 6.21. The first-order chi connectivity index (χ1) is 7.52. The highest BCUT2D eigenvalue weighted by Crippen LogP contribution is 2.22. The van der Waals surface area contributed by atoms with E-state index in [0.717, 1.165) is 19.3 Å². The molecule has 0 saturated carbocycles. The van der Waals surface area contributed by atoms with E-state index in [-0.39, 0.29) is 11.4 Å². The predicted octanol–water partition coefficient (Wildman–Crippen LogP) is 1.19. The largest absolute Gasteiger partial charge is 0.379 e. The Bertz CT molecular complexity index is 235. The van der Waals surface area contributed by atoms with Crippen molar-refractivity contribution in [2.24, 2.45) is 5.73 Å². The van der Waals surface area contributed by atoms with Crippen LogP contribution in [0.1, 0.15) is 46.5 Å². The molecule has 0 aromatic heterocycles. The average Bonchev–Trinajstić information content (AvgIpc) is 2.74. The Balaban J connectivity index is 2.68. The first-order valence-corrected chi connectivity index (χ1v) is 6.21. The summed E-state index contributed by atoms with van der Waals surface area (Å²) in [6, 6.07) is 0. The number of rotatable bonds is 5. The van der Waals surface area contributed by atoms with Crippen molar-refractivity contribution in [3.05, 3.63) is 0 Å². The molecular weight excluding hydrogens is 204 g/mol. The summed E-state index contributed by atoms with van der Waals surface area (Å²) in [4.78, 5) is 12.1. The van der Waals surface area contributed by atoms with E-state index in [0.29, 0.717) is 19.6 Å². The molecule has 4 nitrogen and oxygen atoms in total. The summed E-state index contributed by atoms with van der Waals surface area (Å²) in [7, 11) is 0. The SMILES string of the molecule is CCC(CC)(CC)NC(=O)C1(N)CCOC1. The molecule has 1 heterocycles. The molecular formula is C12H24N2O2. The van der Waals surface area contributed by atoms with E-state index in [9.17, 15) is 4.79 Å². The van der Waals surface area contributed by atoms with E-state index < -0.39 is 5.54 Å². The zero-order valence-electron chi connectivity index (χ0n) is 10.6. The molecule has 1 atom stereocenters. The van der Waals surface area contributed by atoms with Crippen LogP contribution in [0.5, 0.6) is 0 Å². The molecule has 16 heavy (non-hydrogen) atoms. The fourth-order valence-corrected chi connectivity index (χ4v) is 2.14. The van der Waals surface area contributed by atoms with Crippen molar-refractivity contribution in [2.45, 2.75) is 57.5 Å². The molecule has 3 N–H and O–H groups in total. The molecule has 0 radical (unpaired) electrons. The second kappa shape index (κ2) is 5.15. The Morgan fingerprint density at radius 3 is 2.31 bits per heavy atom. The second-order valence-electron chi connectivity index (χ2n) is 4.75. The first kappa shape index (κ1) is 13.5. The number of nitrogens with two attached hydrogens (primary N) is 1. The summed E-state index contributed by atoms with van der Waals surface area (Å²) >= 11 is 0. The topological polar surface area (TPSA) is 64.4 Å². The molecule has 4 heteroatoms. The van der Waals surface area contributed by atoms with Crippen LogP contribution in [0.15, 0.2) is 0 Å². The Labute approximate surface area is 97.9 Å². The van der Waals surface area contributed by atoms with E-state index in [2.05, 4.69) is 26.1 Å². The van der Waals surface area contributed by atoms with Gasteiger partial charge in [-0.05, 0) is 25.7 Å². The van der Waals surface area contributed by atoms with Gasteiger partial charge < -0.3 is 15.8 Å². The van der Waals surface area contributed by atoms with Gasteiger partial charge in [-0.25, -0.2) is 0 Å². The molecule has 1 saturated heterocycles. The molecule has 1 rings (SSSR count). The van der Waals surface area contributed by atoms with Gasteiger partial charge in [0.05, 0.1) is 6.61 Å². The maximum atomic E-state index is 12.1. The number of nitrogens with one attached hydrogen (secondary N) is 1. The van der Waals surface area contributed by atoms with Crippen molar-refractivity contribution >= 4 is 5.91 Å². The summed E-state index contributed by atoms with van der Waals surface area (Å²) in [5.74, 6) is -0.0597. The van der Waals surface area contributed by atoms with Gasteiger partial charge in [-0.2, -0.15) is 0 Å². The zero-order chi connectivity index (χ0) is 12.2. The molecule has 0 spiro atoms. The lowest BCUT2D eigenvalue weighted by Gasteiger charge is -2.35. The van der Waals surface area contributed by atoms with E-state index in [1.54, 1.807) is 0 Å². The van der Waals surface area contributed by atoms with Crippen LogP contribution < -0.4 is 11.1 Å². The Morgan fingerprint density at radius 1 is 1.38 bits per heavy atom. The van der Waals surface area contributed by atoms with Crippen LogP contribution in [0, 0.1) is 0 Å². The van der Waals surface area contributed by atoms with Crippen molar-refractivity contribution in [2.75, 3.05) is 13.2 Å². The summed E-state index contributed by atoms with van der Waals surface area (Å²) in [5, 5.41) is 3.12. The lowest BCUT2D eigenvalue weighted by Crippen LogP contribution is -2.60. The standard InChI is InChI=1S/C12H24N2O2/c1-4-11(5-2,6-3)14-10(15)12(13)7-8-16-9-12/h4-9,13H2,1-3H3,(H,14,15). The smallest absolute Gasteiger partial charge is 0.242 e. The van der Waals surface area contributed by atoms with Crippen molar-refractivity contribution < 1.29 is 9.53 Å². The van der Waals surface area contributed by atoms with Crippen molar-refractivity contribution in [3.8, 4) is 0 Å². The van der Waals surface area contributed by atoms with Crippen LogP contribution in [-0.4, -0.2) is 30.2 Å². The molecule has 0 bridgehead atoms. The predicted molar refractivity (Wildman–Crippen MR) is 64.1 cm³/mol. The quantitative estimate of drug-likeness (QED) is 0.743. The van der Waals surface area contributed by atoms with Crippen LogP contribution in [0.25, 0.3) is 0 Å². The summed E-state index contributed by atoms with van der Waals surface area (Å²) < 4.78 is 5.21. The van der Waals surface area contributed by atoms with Gasteiger partial charge in [0.1, 0.15) is 5.54 Å². The van der Waals surface area contributed by atoms with Crippen molar-refractivity contribution in [1.29, 1.82) is 0 Å². The highest BCUT2D eigenvalue weighted by molar-refractivity contribution is 5.87. The van der Waals surface area contributed by atoms with E-state index in [4.69, 9.17) is 10.5 Å². The third kappa shape index (κ3) is 2.55. The number of amides is 1. The minimum Gasteiger partial charge on any atom is -0.379 e. The number of hydrogen-bond donors (Lipinski definition) is 2. The molecule has 0 aliphatic carbocycles. The fraction of sp³-hybridized carbons (Fsp3) is 0.917. The minimum absolute atomic E-state index is 0.0597. The summed E-state index contributed by atoms with van der Waals surface area (Å²) in [6.07, 6.45) is 3.42. The average molecular weight is 228 g/mol. The van der Waals surface area contributed by atoms with Crippen molar-refractivity contribution in [3.63, 3.8) is 0 Å². The highest BCUT2D eigenvalue weighted by Gasteiger charge is 2.41. The van der Waals surface area contributed by atoms with Crippen LogP contribution in [0.4, 0.5) is 0 Å². The lowest BCUT2D eigenvalue weighted by atomic mass is 9.87. The molecule has 1 aliphatic rings. The molecule has 1 unspecified atom stereocenters. The number of ether oxygens (including phenoxy) is 1. The maximum Gasteiger partial charge on any atom is 0.242 e. The summed E-state index contributed by atoms with van der Waals surface area (Å²) in [6.45, 7) is 7.22. The fourth-order valence-electron chi connectivity index (χ4n) is 2.14. The van der Waals surface area contributed by atoms with Gasteiger partial charge in [-0.1, -0.05) is 20.8 Å². The minimum atomic E-state index is -0.815. The second-order valence-corrected chi connectivity index (χ2v) is 4.75. The van der Waals surface area contributed by atoms with Gasteiger partial charge in [0.25, 0.3) is 0 Å². The van der Waals surface area contributed by atoms with Gasteiger partial charge in [-0.3, -0.25) is 4.79 Å². The van der Waals surface area contributed by atoms with Gasteiger partial charge in [0.2, 0.25) is 5.91 Å². The van der Waals surface area contributed by atoms with Crippen molar-refractivity contribution in [1.82, 2.24) is 5.32 Å². The highest BCUT2D eigenvalue weighted by atomic mass is 16.5. The van der Waals surface area contributed by atoms with Gasteiger partial charge in [0.15, 0.2) is 0 Å². The Kier molecular flexibility index (Phi) is 4.33. The number of hydrogen-bond acceptors (Lipinski definition) is 3. The Morgan fingerprint density at radius 2 is 1.94 bits per heavy atom. The van der Waals surface area contributed by atoms with E-state index in [1.807, 2.05) is 0 Å². The zero-order valence-corrected chi connectivity index (χ0v) is 10.6. The molecule has 94 valence electrons. The molecule has 0 aromatic rings. The third-order valence-corrected chi connectivity index (χ3v) is 3.91. The monoisotopic (exact) mass is 228 g/mol. The normalized spacial score (nSPS) is 25.8. The van der Waals surface area contributed by atoms with Crippen LogP contribution in [0.3, 0.4) is 0 Å². The van der Waals surface area contributed by atoms with Crippen LogP contribution >= 0.6 is 0 Å². The number of carbonyl (C=O) groups excluding carboxylic acids is 1. The molecule has 1 fully saturated rings. The van der Waals surface area contributed by atoms with Gasteiger partial charge in [-0.15, -0.1) is 0 Å². The lowest BCUT2D eigenvalue weighted by molar-refractivity contribution is -0.128. The Hall–Kier alpha value is -0.610. The number of carbonyl (C=O) groups is 1. The van der Waals surface area contributed by atoms with E-state index in [1.165, 1.54) is 0 Å². The van der Waals surface area contributed by atoms with Gasteiger partial charge >= 0.3 is 0 Å². The third-order valence-electron chi connectivity index (χ3n) is 3.91.